The van der Waals surface area contributed by atoms with Crippen molar-refractivity contribution in [1.29, 1.82) is 0 Å². The molecule has 1 aliphatic rings. The molecule has 1 aromatic carbocycles. The second-order valence-electron chi connectivity index (χ2n) is 3.82. The van der Waals surface area contributed by atoms with Crippen molar-refractivity contribution in [2.24, 2.45) is 0 Å². The van der Waals surface area contributed by atoms with E-state index in [9.17, 15) is 14.0 Å². The van der Waals surface area contributed by atoms with E-state index in [4.69, 9.17) is 11.6 Å². The predicted molar refractivity (Wildman–Crippen MR) is 61.2 cm³/mol. The molecule has 0 aromatic heterocycles. The van der Waals surface area contributed by atoms with Gasteiger partial charge in [0, 0.05) is 12.1 Å². The van der Waals surface area contributed by atoms with E-state index < -0.39 is 11.9 Å². The summed E-state index contributed by atoms with van der Waals surface area (Å²) in [5.41, 5.74) is 0.124. The minimum absolute atomic E-state index is 0.0291. The van der Waals surface area contributed by atoms with Crippen LogP contribution in [0.25, 0.3) is 0 Å². The molecular weight excluding hydrogens is 247 g/mol. The van der Waals surface area contributed by atoms with Crippen LogP contribution in [0.15, 0.2) is 18.2 Å². The Morgan fingerprint density at radius 2 is 2.18 bits per heavy atom. The summed E-state index contributed by atoms with van der Waals surface area (Å²) >= 11 is 5.73. The first-order valence-corrected chi connectivity index (χ1v) is 5.39. The van der Waals surface area contributed by atoms with E-state index in [2.05, 4.69) is 5.32 Å². The molecule has 1 saturated heterocycles. The molecule has 17 heavy (non-hydrogen) atoms. The van der Waals surface area contributed by atoms with E-state index in [0.717, 1.165) is 4.90 Å². The highest BCUT2D eigenvalue weighted by molar-refractivity contribution is 6.30. The van der Waals surface area contributed by atoms with Gasteiger partial charge in [-0.05, 0) is 18.2 Å². The lowest BCUT2D eigenvalue weighted by Gasteiger charge is -2.13. The zero-order chi connectivity index (χ0) is 12.6. The topological polar surface area (TPSA) is 49.4 Å². The first-order valence-electron chi connectivity index (χ1n) is 5.01. The van der Waals surface area contributed by atoms with Gasteiger partial charge in [-0.3, -0.25) is 14.5 Å². The monoisotopic (exact) mass is 256 g/mol. The number of carbonyl (C=O) groups is 2. The Bertz CT molecular complexity index is 492. The lowest BCUT2D eigenvalue weighted by atomic mass is 10.2. The highest BCUT2D eigenvalue weighted by Crippen LogP contribution is 2.23. The Hall–Kier alpha value is -1.62. The highest BCUT2D eigenvalue weighted by Gasteiger charge is 2.36. The fraction of sp³-hybridized carbons (Fsp3) is 0.273. The number of rotatable bonds is 2. The van der Waals surface area contributed by atoms with Crippen LogP contribution < -0.4 is 5.32 Å². The Morgan fingerprint density at radius 3 is 2.76 bits per heavy atom. The molecule has 0 saturated carbocycles. The minimum atomic E-state index is -0.722. The first kappa shape index (κ1) is 11.9. The van der Waals surface area contributed by atoms with Crippen molar-refractivity contribution in [3.63, 3.8) is 0 Å². The lowest BCUT2D eigenvalue weighted by Crippen LogP contribution is -2.32. The number of carbonyl (C=O) groups excluding carboxylic acids is 2. The summed E-state index contributed by atoms with van der Waals surface area (Å²) in [6, 6.07) is 3.28. The van der Waals surface area contributed by atoms with Crippen molar-refractivity contribution in [3.05, 3.63) is 29.0 Å². The molecule has 1 aliphatic heterocycles. The van der Waals surface area contributed by atoms with Crippen LogP contribution >= 0.6 is 11.6 Å². The summed E-state index contributed by atoms with van der Waals surface area (Å²) in [6.07, 6.45) is 0.0291. The molecule has 0 radical (unpaired) electrons. The second kappa shape index (κ2) is 4.33. The third kappa shape index (κ3) is 2.24. The fourth-order valence-electron chi connectivity index (χ4n) is 1.66. The van der Waals surface area contributed by atoms with Crippen molar-refractivity contribution >= 4 is 29.1 Å². The molecule has 4 nitrogen and oxygen atoms in total. The number of likely N-dealkylation sites (N-methyl/N-ethyl adjacent to an activating group) is 1. The third-order valence-corrected chi connectivity index (χ3v) is 2.87. The summed E-state index contributed by atoms with van der Waals surface area (Å²) in [6.45, 7) is 0. The number of imide groups is 1. The number of amides is 2. The zero-order valence-electron chi connectivity index (χ0n) is 9.04. The van der Waals surface area contributed by atoms with E-state index in [0.29, 0.717) is 5.02 Å². The largest absolute Gasteiger partial charge is 0.371 e. The number of likely N-dealkylation sites (tertiary alicyclic amines) is 1. The number of nitrogens with zero attached hydrogens (tertiary/aromatic N) is 1. The van der Waals surface area contributed by atoms with E-state index in [-0.39, 0.29) is 23.9 Å². The number of benzene rings is 1. The van der Waals surface area contributed by atoms with Gasteiger partial charge in [0.25, 0.3) is 5.91 Å². The third-order valence-electron chi connectivity index (χ3n) is 2.64. The number of hydrogen-bond donors (Lipinski definition) is 1. The van der Waals surface area contributed by atoms with Crippen molar-refractivity contribution < 1.29 is 14.0 Å². The second-order valence-corrected chi connectivity index (χ2v) is 4.25. The highest BCUT2D eigenvalue weighted by atomic mass is 35.5. The van der Waals surface area contributed by atoms with Gasteiger partial charge in [0.2, 0.25) is 5.91 Å². The van der Waals surface area contributed by atoms with E-state index >= 15 is 0 Å². The first-order chi connectivity index (χ1) is 7.99. The van der Waals surface area contributed by atoms with Crippen molar-refractivity contribution in [1.82, 2.24) is 4.90 Å². The van der Waals surface area contributed by atoms with Crippen LogP contribution in [0.2, 0.25) is 5.02 Å². The molecule has 1 atom stereocenters. The molecular formula is C11H10ClFN2O2. The lowest BCUT2D eigenvalue weighted by molar-refractivity contribution is -0.136. The van der Waals surface area contributed by atoms with Crippen LogP contribution in [0, 0.1) is 5.82 Å². The summed E-state index contributed by atoms with van der Waals surface area (Å²) in [4.78, 5) is 23.9. The number of anilines is 1. The Kier molecular flexibility index (Phi) is 3.02. The average molecular weight is 257 g/mol. The molecule has 90 valence electrons. The van der Waals surface area contributed by atoms with Gasteiger partial charge in [-0.2, -0.15) is 0 Å². The van der Waals surface area contributed by atoms with Gasteiger partial charge in [0.1, 0.15) is 11.9 Å². The number of halogens is 2. The maximum Gasteiger partial charge on any atom is 0.251 e. The fourth-order valence-corrected chi connectivity index (χ4v) is 1.84. The molecule has 1 fully saturated rings. The summed E-state index contributed by atoms with van der Waals surface area (Å²) in [7, 11) is 1.40. The molecule has 0 bridgehead atoms. The van der Waals surface area contributed by atoms with E-state index in [1.165, 1.54) is 25.2 Å². The van der Waals surface area contributed by atoms with Gasteiger partial charge >= 0.3 is 0 Å². The summed E-state index contributed by atoms with van der Waals surface area (Å²) in [5, 5.41) is 3.05. The molecule has 1 heterocycles. The van der Waals surface area contributed by atoms with Gasteiger partial charge in [0.05, 0.1) is 12.1 Å². The molecule has 6 heteroatoms. The van der Waals surface area contributed by atoms with Crippen molar-refractivity contribution in [2.45, 2.75) is 12.5 Å². The van der Waals surface area contributed by atoms with Crippen LogP contribution in [0.5, 0.6) is 0 Å². The van der Waals surface area contributed by atoms with Crippen LogP contribution in [0.4, 0.5) is 10.1 Å². The Morgan fingerprint density at radius 1 is 1.47 bits per heavy atom. The Labute approximate surface area is 102 Å². The molecule has 0 spiro atoms. The van der Waals surface area contributed by atoms with Crippen molar-refractivity contribution in [3.8, 4) is 0 Å². The maximum atomic E-state index is 13.4. The van der Waals surface area contributed by atoms with Gasteiger partial charge < -0.3 is 5.32 Å². The number of hydrogen-bond acceptors (Lipinski definition) is 3. The van der Waals surface area contributed by atoms with Crippen LogP contribution in [-0.4, -0.2) is 29.8 Å². The molecule has 1 unspecified atom stereocenters. The van der Waals surface area contributed by atoms with Crippen LogP contribution in [0.3, 0.4) is 0 Å². The minimum Gasteiger partial charge on any atom is -0.371 e. The predicted octanol–water partition coefficient (Wildman–Crippen LogP) is 1.65. The summed E-state index contributed by atoms with van der Waals surface area (Å²) < 4.78 is 13.4. The van der Waals surface area contributed by atoms with Gasteiger partial charge in [-0.25, -0.2) is 4.39 Å². The maximum absolute atomic E-state index is 13.4. The molecule has 2 amide bonds. The SMILES string of the molecule is CN1C(=O)CC(Nc2cc(Cl)ccc2F)C1=O. The molecule has 1 N–H and O–H groups in total. The normalized spacial score (nSPS) is 19.9. The molecule has 0 aliphatic carbocycles. The molecule has 1 aromatic rings. The van der Waals surface area contributed by atoms with Gasteiger partial charge in [-0.1, -0.05) is 11.6 Å². The standard InChI is InChI=1S/C11H10ClFN2O2/c1-15-10(16)5-9(11(15)17)14-8-4-6(12)2-3-7(8)13/h2-4,9,14H,5H2,1H3. The average Bonchev–Trinajstić information content (AvgIpc) is 2.52. The van der Waals surface area contributed by atoms with Gasteiger partial charge in [0.15, 0.2) is 0 Å². The Balaban J connectivity index is 2.19. The van der Waals surface area contributed by atoms with Crippen molar-refractivity contribution in [2.75, 3.05) is 12.4 Å². The zero-order valence-corrected chi connectivity index (χ0v) is 9.79. The number of nitrogens with one attached hydrogen (secondary N) is 1. The van der Waals surface area contributed by atoms with E-state index in [1.807, 2.05) is 0 Å². The van der Waals surface area contributed by atoms with E-state index in [1.54, 1.807) is 0 Å². The van der Waals surface area contributed by atoms with Crippen LogP contribution in [0.1, 0.15) is 6.42 Å². The van der Waals surface area contributed by atoms with Gasteiger partial charge in [-0.15, -0.1) is 0 Å². The summed E-state index contributed by atoms with van der Waals surface area (Å²) in [5.74, 6) is -1.16. The smallest absolute Gasteiger partial charge is 0.251 e. The quantitative estimate of drug-likeness (QED) is 0.819. The van der Waals surface area contributed by atoms with Crippen LogP contribution in [-0.2, 0) is 9.59 Å². The molecule has 2 rings (SSSR count).